The van der Waals surface area contributed by atoms with Crippen molar-refractivity contribution in [2.45, 2.75) is 25.8 Å². The third-order valence-electron chi connectivity index (χ3n) is 3.23. The molecule has 6 heteroatoms. The van der Waals surface area contributed by atoms with E-state index in [1.54, 1.807) is 12.3 Å². The molecule has 1 fully saturated rings. The van der Waals surface area contributed by atoms with Crippen LogP contribution in [0.3, 0.4) is 0 Å². The predicted molar refractivity (Wildman–Crippen MR) is 69.7 cm³/mol. The maximum Gasteiger partial charge on any atom is 0.347 e. The Morgan fingerprint density at radius 1 is 1.58 bits per heavy atom. The van der Waals surface area contributed by atoms with Crippen LogP contribution in [-0.4, -0.2) is 35.2 Å². The van der Waals surface area contributed by atoms with E-state index in [-0.39, 0.29) is 12.5 Å². The number of nitrogens with one attached hydrogen (secondary N) is 1. The molecule has 1 unspecified atom stereocenters. The lowest BCUT2D eigenvalue weighted by Crippen LogP contribution is -2.34. The molecule has 0 aromatic carbocycles. The van der Waals surface area contributed by atoms with Gasteiger partial charge in [0.2, 0.25) is 5.91 Å². The quantitative estimate of drug-likeness (QED) is 0.824. The Morgan fingerprint density at radius 2 is 2.47 bits per heavy atom. The minimum Gasteiger partial charge on any atom is -0.381 e. The summed E-state index contributed by atoms with van der Waals surface area (Å²) in [6.45, 7) is 2.29. The molecule has 19 heavy (non-hydrogen) atoms. The molecular formula is C13H19N3O3. The highest BCUT2D eigenvalue weighted by Crippen LogP contribution is 2.16. The van der Waals surface area contributed by atoms with E-state index < -0.39 is 5.69 Å². The van der Waals surface area contributed by atoms with Crippen molar-refractivity contribution in [2.24, 2.45) is 5.92 Å². The molecule has 1 aromatic rings. The van der Waals surface area contributed by atoms with E-state index in [1.165, 1.54) is 10.8 Å². The molecule has 1 N–H and O–H groups in total. The fourth-order valence-electron chi connectivity index (χ4n) is 2.17. The monoisotopic (exact) mass is 265 g/mol. The van der Waals surface area contributed by atoms with Gasteiger partial charge in [-0.3, -0.25) is 9.36 Å². The SMILES string of the molecule is O=C(Cn1cccnc1=O)NCCC1CCCOC1. The van der Waals surface area contributed by atoms with Crippen LogP contribution in [0, 0.1) is 5.92 Å². The van der Waals surface area contributed by atoms with Crippen LogP contribution < -0.4 is 11.0 Å². The van der Waals surface area contributed by atoms with Crippen molar-refractivity contribution in [1.29, 1.82) is 0 Å². The predicted octanol–water partition coefficient (Wildman–Crippen LogP) is 0.176. The van der Waals surface area contributed by atoms with Crippen molar-refractivity contribution in [3.63, 3.8) is 0 Å². The van der Waals surface area contributed by atoms with E-state index in [0.29, 0.717) is 12.5 Å². The zero-order valence-electron chi connectivity index (χ0n) is 10.9. The standard InChI is InChI=1S/C13H19N3O3/c17-12(9-16-7-2-5-15-13(16)18)14-6-4-11-3-1-8-19-10-11/h2,5,7,11H,1,3-4,6,8-10H2,(H,14,17). The summed E-state index contributed by atoms with van der Waals surface area (Å²) in [5, 5.41) is 2.82. The largest absolute Gasteiger partial charge is 0.381 e. The number of carbonyl (C=O) groups excluding carboxylic acids is 1. The number of aromatic nitrogens is 2. The number of nitrogens with zero attached hydrogens (tertiary/aromatic N) is 2. The van der Waals surface area contributed by atoms with E-state index in [9.17, 15) is 9.59 Å². The van der Waals surface area contributed by atoms with Gasteiger partial charge in [-0.1, -0.05) is 0 Å². The first kappa shape index (κ1) is 13.7. The molecule has 1 aliphatic rings. The Morgan fingerprint density at radius 3 is 3.21 bits per heavy atom. The van der Waals surface area contributed by atoms with Gasteiger partial charge in [0.25, 0.3) is 0 Å². The van der Waals surface area contributed by atoms with Crippen molar-refractivity contribution >= 4 is 5.91 Å². The first-order valence-corrected chi connectivity index (χ1v) is 6.61. The third kappa shape index (κ3) is 4.48. The smallest absolute Gasteiger partial charge is 0.347 e. The van der Waals surface area contributed by atoms with Crippen LogP contribution in [0.25, 0.3) is 0 Å². The molecule has 0 bridgehead atoms. The fourth-order valence-corrected chi connectivity index (χ4v) is 2.17. The molecule has 1 atom stereocenters. The molecule has 0 spiro atoms. The first-order valence-electron chi connectivity index (χ1n) is 6.61. The van der Waals surface area contributed by atoms with Crippen molar-refractivity contribution in [1.82, 2.24) is 14.9 Å². The fraction of sp³-hybridized carbons (Fsp3) is 0.615. The molecular weight excluding hydrogens is 246 g/mol. The Labute approximate surface area is 111 Å². The second-order valence-electron chi connectivity index (χ2n) is 4.75. The van der Waals surface area contributed by atoms with Gasteiger partial charge >= 0.3 is 5.69 Å². The average Bonchev–Trinajstić information content (AvgIpc) is 2.43. The topological polar surface area (TPSA) is 73.2 Å². The molecule has 1 saturated heterocycles. The van der Waals surface area contributed by atoms with Gasteiger partial charge in [0.05, 0.1) is 0 Å². The number of ether oxygens (including phenoxy) is 1. The van der Waals surface area contributed by atoms with Gasteiger partial charge in [0.1, 0.15) is 6.54 Å². The van der Waals surface area contributed by atoms with Crippen molar-refractivity contribution in [3.05, 3.63) is 28.9 Å². The van der Waals surface area contributed by atoms with Crippen LogP contribution in [0.15, 0.2) is 23.3 Å². The van der Waals surface area contributed by atoms with Crippen LogP contribution in [0.1, 0.15) is 19.3 Å². The van der Waals surface area contributed by atoms with Crippen LogP contribution >= 0.6 is 0 Å². The summed E-state index contributed by atoms with van der Waals surface area (Å²) in [7, 11) is 0. The van der Waals surface area contributed by atoms with Gasteiger partial charge < -0.3 is 10.1 Å². The molecule has 104 valence electrons. The second kappa shape index (κ2) is 7.04. The minimum atomic E-state index is -0.404. The summed E-state index contributed by atoms with van der Waals surface area (Å²) >= 11 is 0. The Kier molecular flexibility index (Phi) is 5.09. The highest BCUT2D eigenvalue weighted by molar-refractivity contribution is 5.75. The molecule has 2 rings (SSSR count). The molecule has 1 amide bonds. The first-order chi connectivity index (χ1) is 9.25. The van der Waals surface area contributed by atoms with Gasteiger partial charge in [-0.25, -0.2) is 9.78 Å². The van der Waals surface area contributed by atoms with Gasteiger partial charge in [-0.05, 0) is 31.2 Å². The molecule has 1 aromatic heterocycles. The summed E-state index contributed by atoms with van der Waals surface area (Å²) in [6, 6.07) is 1.63. The maximum absolute atomic E-state index is 11.7. The highest BCUT2D eigenvalue weighted by Gasteiger charge is 2.13. The van der Waals surface area contributed by atoms with Crippen LogP contribution in [0.2, 0.25) is 0 Å². The molecule has 0 radical (unpaired) electrons. The van der Waals surface area contributed by atoms with Gasteiger partial charge in [-0.2, -0.15) is 0 Å². The van der Waals surface area contributed by atoms with Crippen molar-refractivity contribution in [3.8, 4) is 0 Å². The summed E-state index contributed by atoms with van der Waals surface area (Å²) in [5.74, 6) is 0.377. The van der Waals surface area contributed by atoms with Gasteiger partial charge in [0, 0.05) is 32.2 Å². The van der Waals surface area contributed by atoms with Crippen LogP contribution in [-0.2, 0) is 16.1 Å². The molecule has 6 nitrogen and oxygen atoms in total. The van der Waals surface area contributed by atoms with Crippen LogP contribution in [0.5, 0.6) is 0 Å². The van der Waals surface area contributed by atoms with E-state index in [1.807, 2.05) is 0 Å². The normalized spacial score (nSPS) is 19.1. The summed E-state index contributed by atoms with van der Waals surface area (Å²) < 4.78 is 6.68. The molecule has 1 aliphatic heterocycles. The lowest BCUT2D eigenvalue weighted by atomic mass is 9.99. The Hall–Kier alpha value is -1.69. The zero-order valence-corrected chi connectivity index (χ0v) is 10.9. The van der Waals surface area contributed by atoms with E-state index >= 15 is 0 Å². The minimum absolute atomic E-state index is 0.0217. The highest BCUT2D eigenvalue weighted by atomic mass is 16.5. The molecule has 2 heterocycles. The van der Waals surface area contributed by atoms with Gasteiger partial charge in [-0.15, -0.1) is 0 Å². The Bertz CT molecular complexity index is 466. The summed E-state index contributed by atoms with van der Waals surface area (Å²) in [5.41, 5.74) is -0.404. The lowest BCUT2D eigenvalue weighted by molar-refractivity contribution is -0.121. The van der Waals surface area contributed by atoms with E-state index in [2.05, 4.69) is 10.3 Å². The number of hydrogen-bond donors (Lipinski definition) is 1. The molecule has 0 aliphatic carbocycles. The Balaban J connectivity index is 1.70. The third-order valence-corrected chi connectivity index (χ3v) is 3.23. The average molecular weight is 265 g/mol. The number of rotatable bonds is 5. The molecule has 0 saturated carbocycles. The van der Waals surface area contributed by atoms with E-state index in [4.69, 9.17) is 4.74 Å². The lowest BCUT2D eigenvalue weighted by Gasteiger charge is -2.21. The van der Waals surface area contributed by atoms with Crippen molar-refractivity contribution < 1.29 is 9.53 Å². The van der Waals surface area contributed by atoms with E-state index in [0.717, 1.165) is 32.5 Å². The summed E-state index contributed by atoms with van der Waals surface area (Å²) in [4.78, 5) is 26.6. The maximum atomic E-state index is 11.7. The number of carbonyl (C=O) groups is 1. The van der Waals surface area contributed by atoms with Crippen molar-refractivity contribution in [2.75, 3.05) is 19.8 Å². The number of amides is 1. The van der Waals surface area contributed by atoms with Crippen LogP contribution in [0.4, 0.5) is 0 Å². The van der Waals surface area contributed by atoms with Gasteiger partial charge in [0.15, 0.2) is 0 Å². The number of hydrogen-bond acceptors (Lipinski definition) is 4. The second-order valence-corrected chi connectivity index (χ2v) is 4.75. The zero-order chi connectivity index (χ0) is 13.5. The summed E-state index contributed by atoms with van der Waals surface area (Å²) in [6.07, 6.45) is 6.17.